The van der Waals surface area contributed by atoms with E-state index in [4.69, 9.17) is 5.11 Å². The van der Waals surface area contributed by atoms with E-state index in [1.807, 2.05) is 0 Å². The minimum Gasteiger partial charge on any atom is -0.481 e. The monoisotopic (exact) mass is 278 g/mol. The maximum atomic E-state index is 11.8. The molecule has 17 heavy (non-hydrogen) atoms. The van der Waals surface area contributed by atoms with Gasteiger partial charge in [0, 0.05) is 6.04 Å². The minimum atomic E-state index is -3.67. The van der Waals surface area contributed by atoms with Crippen LogP contribution in [0.4, 0.5) is 0 Å². The largest absolute Gasteiger partial charge is 0.481 e. The number of hydrogen-bond acceptors (Lipinski definition) is 5. The number of carbonyl (C=O) groups is 1. The molecule has 2 N–H and O–H groups in total. The van der Waals surface area contributed by atoms with Crippen LogP contribution < -0.4 is 4.72 Å². The molecule has 0 aromatic carbocycles. The van der Waals surface area contributed by atoms with Crippen molar-refractivity contribution < 1.29 is 18.3 Å². The molecule has 2 unspecified atom stereocenters. The van der Waals surface area contributed by atoms with Gasteiger partial charge >= 0.3 is 5.97 Å². The molecule has 0 spiro atoms. The van der Waals surface area contributed by atoms with Crippen LogP contribution in [0, 0.1) is 12.8 Å². The molecule has 8 heteroatoms. The number of hydrogen-bond donors (Lipinski definition) is 2. The standard InChI is InChI=1S/C9H14N2O4S2/c1-5(9(12)13)6(2)11-17(14,15)8-4-10-7(3)16-8/h4-6,11H,1-3H3,(H,12,13). The first-order valence-electron chi connectivity index (χ1n) is 4.91. The number of aliphatic carboxylic acids is 1. The van der Waals surface area contributed by atoms with Gasteiger partial charge in [-0.15, -0.1) is 11.3 Å². The van der Waals surface area contributed by atoms with E-state index in [2.05, 4.69) is 9.71 Å². The van der Waals surface area contributed by atoms with Gasteiger partial charge in [-0.25, -0.2) is 18.1 Å². The van der Waals surface area contributed by atoms with Crippen molar-refractivity contribution in [3.05, 3.63) is 11.2 Å². The summed E-state index contributed by atoms with van der Waals surface area (Å²) in [6.07, 6.45) is 1.26. The summed E-state index contributed by atoms with van der Waals surface area (Å²) < 4.78 is 26.1. The molecule has 6 nitrogen and oxygen atoms in total. The third-order valence-electron chi connectivity index (χ3n) is 2.35. The summed E-state index contributed by atoms with van der Waals surface area (Å²) in [5.41, 5.74) is 0. The van der Waals surface area contributed by atoms with E-state index in [1.54, 1.807) is 6.92 Å². The van der Waals surface area contributed by atoms with Gasteiger partial charge in [-0.2, -0.15) is 0 Å². The Balaban J connectivity index is 2.84. The number of aromatic nitrogens is 1. The molecule has 1 aromatic rings. The normalized spacial score (nSPS) is 15.5. The Morgan fingerprint density at radius 1 is 1.53 bits per heavy atom. The molecular weight excluding hydrogens is 264 g/mol. The number of aryl methyl sites for hydroxylation is 1. The van der Waals surface area contributed by atoms with Crippen LogP contribution >= 0.6 is 11.3 Å². The van der Waals surface area contributed by atoms with E-state index in [-0.39, 0.29) is 4.21 Å². The number of sulfonamides is 1. The lowest BCUT2D eigenvalue weighted by Gasteiger charge is -2.16. The molecule has 0 aliphatic carbocycles. The van der Waals surface area contributed by atoms with Crippen molar-refractivity contribution in [3.8, 4) is 0 Å². The van der Waals surface area contributed by atoms with E-state index in [0.29, 0.717) is 5.01 Å². The van der Waals surface area contributed by atoms with Crippen LogP contribution in [-0.4, -0.2) is 30.5 Å². The molecule has 0 aliphatic heterocycles. The van der Waals surface area contributed by atoms with Gasteiger partial charge in [0.15, 0.2) is 4.21 Å². The molecule has 1 heterocycles. The molecule has 96 valence electrons. The average molecular weight is 278 g/mol. The Morgan fingerprint density at radius 2 is 2.12 bits per heavy atom. The first kappa shape index (κ1) is 14.1. The molecule has 0 aliphatic rings. The fourth-order valence-corrected chi connectivity index (χ4v) is 3.53. The summed E-state index contributed by atoms with van der Waals surface area (Å²) in [6.45, 7) is 4.67. The third kappa shape index (κ3) is 3.48. The van der Waals surface area contributed by atoms with Crippen molar-refractivity contribution in [2.75, 3.05) is 0 Å². The Hall–Kier alpha value is -0.990. The Bertz CT molecular complexity index is 509. The highest BCUT2D eigenvalue weighted by atomic mass is 32.2. The number of carboxylic acids is 1. The molecule has 0 saturated heterocycles. The van der Waals surface area contributed by atoms with Crippen LogP contribution in [0.25, 0.3) is 0 Å². The van der Waals surface area contributed by atoms with Crippen LogP contribution in [0.3, 0.4) is 0 Å². The number of carboxylic acid groups (broad SMARTS) is 1. The van der Waals surface area contributed by atoms with E-state index < -0.39 is 28.0 Å². The van der Waals surface area contributed by atoms with E-state index >= 15 is 0 Å². The lowest BCUT2D eigenvalue weighted by Crippen LogP contribution is -2.39. The lowest BCUT2D eigenvalue weighted by molar-refractivity contribution is -0.141. The highest BCUT2D eigenvalue weighted by Crippen LogP contribution is 2.18. The van der Waals surface area contributed by atoms with Crippen molar-refractivity contribution >= 4 is 27.3 Å². The van der Waals surface area contributed by atoms with Gasteiger partial charge in [-0.1, -0.05) is 6.92 Å². The predicted molar refractivity (Wildman–Crippen MR) is 63.4 cm³/mol. The zero-order valence-corrected chi connectivity index (χ0v) is 11.3. The first-order valence-corrected chi connectivity index (χ1v) is 7.21. The van der Waals surface area contributed by atoms with Gasteiger partial charge in [0.25, 0.3) is 10.0 Å². The van der Waals surface area contributed by atoms with Crippen LogP contribution in [0.2, 0.25) is 0 Å². The number of rotatable bonds is 5. The predicted octanol–water partition coefficient (Wildman–Crippen LogP) is 0.839. The van der Waals surface area contributed by atoms with Crippen LogP contribution in [0.1, 0.15) is 18.9 Å². The highest BCUT2D eigenvalue weighted by Gasteiger charge is 2.26. The zero-order chi connectivity index (χ0) is 13.2. The van der Waals surface area contributed by atoms with E-state index in [0.717, 1.165) is 11.3 Å². The van der Waals surface area contributed by atoms with Crippen molar-refractivity contribution in [2.45, 2.75) is 31.0 Å². The summed E-state index contributed by atoms with van der Waals surface area (Å²) in [5, 5.41) is 9.42. The van der Waals surface area contributed by atoms with Gasteiger partial charge in [0.2, 0.25) is 0 Å². The molecule has 1 aromatic heterocycles. The lowest BCUT2D eigenvalue weighted by atomic mass is 10.1. The molecule has 1 rings (SSSR count). The number of thiazole rings is 1. The summed E-state index contributed by atoms with van der Waals surface area (Å²) in [4.78, 5) is 14.6. The van der Waals surface area contributed by atoms with Gasteiger partial charge in [-0.3, -0.25) is 4.79 Å². The Labute approximate surface area is 104 Å². The second kappa shape index (κ2) is 5.11. The molecule has 0 saturated carbocycles. The fraction of sp³-hybridized carbons (Fsp3) is 0.556. The minimum absolute atomic E-state index is 0.0967. The van der Waals surface area contributed by atoms with Crippen molar-refractivity contribution in [2.24, 2.45) is 5.92 Å². The highest BCUT2D eigenvalue weighted by molar-refractivity contribution is 7.91. The molecule has 2 atom stereocenters. The number of nitrogens with zero attached hydrogens (tertiary/aromatic N) is 1. The van der Waals surface area contributed by atoms with Crippen LogP contribution in [0.15, 0.2) is 10.4 Å². The Morgan fingerprint density at radius 3 is 2.53 bits per heavy atom. The second-order valence-electron chi connectivity index (χ2n) is 3.74. The second-order valence-corrected chi connectivity index (χ2v) is 6.91. The van der Waals surface area contributed by atoms with Gasteiger partial charge in [0.1, 0.15) is 0 Å². The summed E-state index contributed by atoms with van der Waals surface area (Å²) in [7, 11) is -3.67. The van der Waals surface area contributed by atoms with Crippen LogP contribution in [0.5, 0.6) is 0 Å². The van der Waals surface area contributed by atoms with E-state index in [9.17, 15) is 13.2 Å². The van der Waals surface area contributed by atoms with E-state index in [1.165, 1.54) is 20.0 Å². The first-order chi connectivity index (χ1) is 7.74. The Kier molecular flexibility index (Phi) is 4.23. The maximum absolute atomic E-state index is 11.8. The third-order valence-corrected chi connectivity index (χ3v) is 5.28. The molecule has 0 bridgehead atoms. The van der Waals surface area contributed by atoms with Crippen molar-refractivity contribution in [3.63, 3.8) is 0 Å². The number of nitrogens with one attached hydrogen (secondary N) is 1. The van der Waals surface area contributed by atoms with Gasteiger partial charge in [-0.05, 0) is 13.8 Å². The average Bonchev–Trinajstić information content (AvgIpc) is 2.63. The molecule has 0 amide bonds. The summed E-state index contributed by atoms with van der Waals surface area (Å²) in [5.74, 6) is -1.83. The SMILES string of the molecule is Cc1ncc(S(=O)(=O)NC(C)C(C)C(=O)O)s1. The smallest absolute Gasteiger partial charge is 0.307 e. The topological polar surface area (TPSA) is 96.4 Å². The van der Waals surface area contributed by atoms with Crippen molar-refractivity contribution in [1.82, 2.24) is 9.71 Å². The fourth-order valence-electron chi connectivity index (χ4n) is 1.08. The van der Waals surface area contributed by atoms with Crippen molar-refractivity contribution in [1.29, 1.82) is 0 Å². The molecular formula is C9H14N2O4S2. The van der Waals surface area contributed by atoms with Gasteiger partial charge < -0.3 is 5.11 Å². The maximum Gasteiger partial charge on any atom is 0.307 e. The van der Waals surface area contributed by atoms with Crippen LogP contribution in [-0.2, 0) is 14.8 Å². The summed E-state index contributed by atoms with van der Waals surface area (Å²) in [6, 6.07) is -0.681. The molecule has 0 radical (unpaired) electrons. The molecule has 0 fully saturated rings. The zero-order valence-electron chi connectivity index (χ0n) is 9.67. The quantitative estimate of drug-likeness (QED) is 0.832. The summed E-state index contributed by atoms with van der Waals surface area (Å²) >= 11 is 1.05. The van der Waals surface area contributed by atoms with Gasteiger partial charge in [0.05, 0.1) is 17.1 Å².